The number of hydrogen-bond acceptors (Lipinski definition) is 7. The molecule has 7 heteroatoms. The van der Waals surface area contributed by atoms with Crippen LogP contribution in [-0.4, -0.2) is 81.0 Å². The van der Waals surface area contributed by atoms with Crippen molar-refractivity contribution < 1.29 is 23.7 Å². The van der Waals surface area contributed by atoms with E-state index in [1.807, 2.05) is 36.4 Å². The molecule has 0 aliphatic heterocycles. The first-order valence-corrected chi connectivity index (χ1v) is 10.6. The van der Waals surface area contributed by atoms with Crippen LogP contribution in [0, 0.1) is 0 Å². The van der Waals surface area contributed by atoms with Crippen molar-refractivity contribution in [3.63, 3.8) is 0 Å². The van der Waals surface area contributed by atoms with Gasteiger partial charge >= 0.3 is 0 Å². The Hall–Kier alpha value is -2.32. The van der Waals surface area contributed by atoms with Gasteiger partial charge in [-0.2, -0.15) is 0 Å². The van der Waals surface area contributed by atoms with Crippen LogP contribution < -0.4 is 14.5 Å². The van der Waals surface area contributed by atoms with Crippen molar-refractivity contribution in [3.05, 3.63) is 48.5 Å². The van der Waals surface area contributed by atoms with Gasteiger partial charge in [0, 0.05) is 78.1 Å². The van der Waals surface area contributed by atoms with E-state index in [-0.39, 0.29) is 0 Å². The van der Waals surface area contributed by atoms with Gasteiger partial charge in [-0.3, -0.25) is 0 Å². The first kappa shape index (κ1) is 24.9. The van der Waals surface area contributed by atoms with Crippen molar-refractivity contribution in [3.8, 4) is 11.5 Å². The zero-order valence-electron chi connectivity index (χ0n) is 19.2. The molecule has 0 fully saturated rings. The second-order valence-electron chi connectivity index (χ2n) is 7.04. The van der Waals surface area contributed by atoms with Crippen LogP contribution in [0.3, 0.4) is 0 Å². The predicted molar refractivity (Wildman–Crippen MR) is 125 cm³/mol. The highest BCUT2D eigenvalue weighted by Gasteiger charge is 2.10. The Labute approximate surface area is 186 Å². The van der Waals surface area contributed by atoms with E-state index in [0.29, 0.717) is 26.4 Å². The lowest BCUT2D eigenvalue weighted by Gasteiger charge is -2.25. The molecule has 0 unspecified atom stereocenters. The van der Waals surface area contributed by atoms with E-state index >= 15 is 0 Å². The maximum Gasteiger partial charge on any atom is 0.129 e. The monoisotopic (exact) mass is 432 g/mol. The van der Waals surface area contributed by atoms with Crippen molar-refractivity contribution in [1.82, 2.24) is 0 Å². The Morgan fingerprint density at radius 1 is 0.548 bits per heavy atom. The number of nitrogens with zero attached hydrogens (tertiary/aromatic N) is 2. The summed E-state index contributed by atoms with van der Waals surface area (Å²) in [6.45, 7) is 5.73. The fourth-order valence-electron chi connectivity index (χ4n) is 3.17. The lowest BCUT2D eigenvalue weighted by Crippen LogP contribution is -2.30. The second kappa shape index (κ2) is 14.6. The van der Waals surface area contributed by atoms with E-state index in [0.717, 1.165) is 49.1 Å². The van der Waals surface area contributed by atoms with Crippen LogP contribution >= 0.6 is 0 Å². The standard InChI is InChI=1S/C24H36N2O5/c1-27-15-11-25(12-16-28-2)21-7-5-9-23(19-21)31-24-10-6-8-22(20-24)26(13-17-29-3)14-18-30-4/h5-10,19-20H,11-18H2,1-4H3. The van der Waals surface area contributed by atoms with E-state index in [1.165, 1.54) is 0 Å². The third kappa shape index (κ3) is 8.75. The summed E-state index contributed by atoms with van der Waals surface area (Å²) in [5.74, 6) is 1.57. The predicted octanol–water partition coefficient (Wildman–Crippen LogP) is 3.68. The molecule has 0 heterocycles. The molecule has 0 saturated carbocycles. The highest BCUT2D eigenvalue weighted by Crippen LogP contribution is 2.28. The van der Waals surface area contributed by atoms with Crippen LogP contribution in [0.4, 0.5) is 11.4 Å². The van der Waals surface area contributed by atoms with E-state index in [2.05, 4.69) is 21.9 Å². The average Bonchev–Trinajstić information content (AvgIpc) is 2.79. The molecule has 31 heavy (non-hydrogen) atoms. The minimum Gasteiger partial charge on any atom is -0.457 e. The topological polar surface area (TPSA) is 52.6 Å². The molecule has 0 amide bonds. The number of methoxy groups -OCH3 is 4. The third-order valence-electron chi connectivity index (χ3n) is 4.86. The molecule has 0 bridgehead atoms. The summed E-state index contributed by atoms with van der Waals surface area (Å²) < 4.78 is 27.2. The van der Waals surface area contributed by atoms with Crippen LogP contribution in [0.15, 0.2) is 48.5 Å². The largest absolute Gasteiger partial charge is 0.457 e. The van der Waals surface area contributed by atoms with Crippen molar-refractivity contribution >= 4 is 11.4 Å². The molecule has 2 aromatic rings. The van der Waals surface area contributed by atoms with Gasteiger partial charge in [0.25, 0.3) is 0 Å². The van der Waals surface area contributed by atoms with Gasteiger partial charge in [0.1, 0.15) is 11.5 Å². The fraction of sp³-hybridized carbons (Fsp3) is 0.500. The van der Waals surface area contributed by atoms with Gasteiger partial charge < -0.3 is 33.5 Å². The quantitative estimate of drug-likeness (QED) is 0.401. The maximum atomic E-state index is 6.20. The zero-order chi connectivity index (χ0) is 22.3. The number of hydrogen-bond donors (Lipinski definition) is 0. The van der Waals surface area contributed by atoms with E-state index in [4.69, 9.17) is 23.7 Å². The number of rotatable bonds is 16. The van der Waals surface area contributed by atoms with Gasteiger partial charge in [-0.1, -0.05) is 12.1 Å². The smallest absolute Gasteiger partial charge is 0.129 e. The van der Waals surface area contributed by atoms with Crippen LogP contribution in [0.1, 0.15) is 0 Å². The molecule has 0 spiro atoms. The molecular weight excluding hydrogens is 396 g/mol. The molecule has 0 atom stereocenters. The first-order chi connectivity index (χ1) is 15.2. The van der Waals surface area contributed by atoms with Gasteiger partial charge in [0.2, 0.25) is 0 Å². The van der Waals surface area contributed by atoms with Crippen molar-refractivity contribution in [1.29, 1.82) is 0 Å². The highest BCUT2D eigenvalue weighted by atomic mass is 16.5. The Kier molecular flexibility index (Phi) is 11.8. The number of benzene rings is 2. The lowest BCUT2D eigenvalue weighted by atomic mass is 10.2. The molecule has 0 radical (unpaired) electrons. The van der Waals surface area contributed by atoms with Crippen molar-refractivity contribution in [2.24, 2.45) is 0 Å². The third-order valence-corrected chi connectivity index (χ3v) is 4.86. The van der Waals surface area contributed by atoms with Crippen LogP contribution in [-0.2, 0) is 18.9 Å². The second-order valence-corrected chi connectivity index (χ2v) is 7.04. The van der Waals surface area contributed by atoms with Crippen LogP contribution in [0.25, 0.3) is 0 Å². The van der Waals surface area contributed by atoms with E-state index in [1.54, 1.807) is 28.4 Å². The van der Waals surface area contributed by atoms with Gasteiger partial charge in [0.05, 0.1) is 26.4 Å². The van der Waals surface area contributed by atoms with Gasteiger partial charge in [0.15, 0.2) is 0 Å². The average molecular weight is 433 g/mol. The first-order valence-electron chi connectivity index (χ1n) is 10.6. The molecule has 2 rings (SSSR count). The summed E-state index contributed by atoms with van der Waals surface area (Å²) >= 11 is 0. The molecule has 0 aliphatic carbocycles. The summed E-state index contributed by atoms with van der Waals surface area (Å²) in [7, 11) is 6.85. The fourth-order valence-corrected chi connectivity index (χ4v) is 3.17. The van der Waals surface area contributed by atoms with Crippen LogP contribution in [0.2, 0.25) is 0 Å². The number of ether oxygens (including phenoxy) is 5. The summed E-state index contributed by atoms with van der Waals surface area (Å²) in [5, 5.41) is 0. The molecule has 0 aromatic heterocycles. The molecule has 172 valence electrons. The Morgan fingerprint density at radius 2 is 0.903 bits per heavy atom. The van der Waals surface area contributed by atoms with Crippen LogP contribution in [0.5, 0.6) is 11.5 Å². The maximum absolute atomic E-state index is 6.20. The minimum absolute atomic E-state index is 0.648. The summed E-state index contributed by atoms with van der Waals surface area (Å²) in [4.78, 5) is 4.46. The zero-order valence-corrected chi connectivity index (χ0v) is 19.2. The minimum atomic E-state index is 0.648. The lowest BCUT2D eigenvalue weighted by molar-refractivity contribution is 0.190. The molecular formula is C24H36N2O5. The van der Waals surface area contributed by atoms with Gasteiger partial charge in [-0.05, 0) is 24.3 Å². The molecule has 2 aromatic carbocycles. The van der Waals surface area contributed by atoms with Gasteiger partial charge in [-0.25, -0.2) is 0 Å². The molecule has 7 nitrogen and oxygen atoms in total. The molecule has 0 aliphatic rings. The van der Waals surface area contributed by atoms with Crippen molar-refractivity contribution in [2.45, 2.75) is 0 Å². The Morgan fingerprint density at radius 3 is 1.23 bits per heavy atom. The molecule has 0 N–H and O–H groups in total. The summed E-state index contributed by atoms with van der Waals surface area (Å²) in [5.41, 5.74) is 2.15. The number of anilines is 2. The molecule has 0 saturated heterocycles. The Bertz CT molecular complexity index is 666. The normalized spacial score (nSPS) is 10.8. The Balaban J connectivity index is 2.14. The van der Waals surface area contributed by atoms with E-state index in [9.17, 15) is 0 Å². The van der Waals surface area contributed by atoms with E-state index < -0.39 is 0 Å². The van der Waals surface area contributed by atoms with Gasteiger partial charge in [-0.15, -0.1) is 0 Å². The SMILES string of the molecule is COCCN(CCOC)c1cccc(Oc2cccc(N(CCOC)CCOC)c2)c1. The highest BCUT2D eigenvalue weighted by molar-refractivity contribution is 5.54. The van der Waals surface area contributed by atoms with Crippen molar-refractivity contribution in [2.75, 3.05) is 90.8 Å². The summed E-state index contributed by atoms with van der Waals surface area (Å²) in [6.07, 6.45) is 0. The summed E-state index contributed by atoms with van der Waals surface area (Å²) in [6, 6.07) is 16.2.